The first kappa shape index (κ1) is 14.3. The molecule has 2 rings (SSSR count). The van der Waals surface area contributed by atoms with E-state index in [0.29, 0.717) is 23.5 Å². The number of carbonyl (C=O) groups excluding carboxylic acids is 1. The molecule has 0 N–H and O–H groups in total. The van der Waals surface area contributed by atoms with E-state index in [1.54, 1.807) is 18.2 Å². The van der Waals surface area contributed by atoms with E-state index in [1.807, 2.05) is 25.1 Å². The molecule has 0 aliphatic rings. The van der Waals surface area contributed by atoms with Crippen LogP contribution in [0.5, 0.6) is 5.75 Å². The summed E-state index contributed by atoms with van der Waals surface area (Å²) >= 11 is 3.32. The van der Waals surface area contributed by atoms with Crippen LogP contribution in [0.2, 0.25) is 0 Å². The summed E-state index contributed by atoms with van der Waals surface area (Å²) in [5.74, 6) is 0.548. The molecule has 3 nitrogen and oxygen atoms in total. The van der Waals surface area contributed by atoms with Crippen molar-refractivity contribution in [3.63, 3.8) is 0 Å². The van der Waals surface area contributed by atoms with Crippen molar-refractivity contribution in [1.82, 2.24) is 0 Å². The highest BCUT2D eigenvalue weighted by Crippen LogP contribution is 2.23. The van der Waals surface area contributed by atoms with Crippen molar-refractivity contribution in [2.45, 2.75) is 13.5 Å². The van der Waals surface area contributed by atoms with Gasteiger partial charge in [0.25, 0.3) is 0 Å². The van der Waals surface area contributed by atoms with Crippen molar-refractivity contribution < 1.29 is 9.53 Å². The highest BCUT2D eigenvalue weighted by atomic mass is 79.9. The molecule has 0 unspecified atom stereocenters. The zero-order valence-corrected chi connectivity index (χ0v) is 12.5. The second-order valence-corrected chi connectivity index (χ2v) is 5.26. The quantitative estimate of drug-likeness (QED) is 0.796. The number of aryl methyl sites for hydroxylation is 1. The largest absolute Gasteiger partial charge is 0.488 e. The predicted octanol–water partition coefficient (Wildman–Crippen LogP) is 4.02. The van der Waals surface area contributed by atoms with Crippen LogP contribution in [0.1, 0.15) is 27.0 Å². The van der Waals surface area contributed by atoms with Gasteiger partial charge < -0.3 is 4.74 Å². The third-order valence-corrected chi connectivity index (χ3v) is 3.45. The van der Waals surface area contributed by atoms with Crippen LogP contribution in [0.3, 0.4) is 0 Å². The van der Waals surface area contributed by atoms with Gasteiger partial charge in [0.05, 0.1) is 17.2 Å². The maximum atomic E-state index is 11.0. The molecule has 0 atom stereocenters. The van der Waals surface area contributed by atoms with E-state index in [9.17, 15) is 4.79 Å². The van der Waals surface area contributed by atoms with Gasteiger partial charge in [-0.25, -0.2) is 0 Å². The summed E-state index contributed by atoms with van der Waals surface area (Å²) in [6.07, 6.45) is 0.770. The van der Waals surface area contributed by atoms with Crippen molar-refractivity contribution in [2.75, 3.05) is 0 Å². The van der Waals surface area contributed by atoms with E-state index in [2.05, 4.69) is 22.0 Å². The maximum Gasteiger partial charge on any atom is 0.153 e. The van der Waals surface area contributed by atoms with Crippen LogP contribution in [-0.4, -0.2) is 6.29 Å². The Hall–Kier alpha value is -2.12. The van der Waals surface area contributed by atoms with Gasteiger partial charge in [-0.1, -0.05) is 22.0 Å². The number of nitriles is 1. The molecule has 0 radical (unpaired) electrons. The first-order chi connectivity index (χ1) is 9.63. The molecule has 2 aromatic carbocycles. The lowest BCUT2D eigenvalue weighted by molar-refractivity contribution is 0.111. The number of rotatable bonds is 4. The Labute approximate surface area is 125 Å². The summed E-state index contributed by atoms with van der Waals surface area (Å²) in [4.78, 5) is 11.0. The van der Waals surface area contributed by atoms with E-state index in [4.69, 9.17) is 10.00 Å². The molecule has 0 fully saturated rings. The van der Waals surface area contributed by atoms with Crippen LogP contribution in [0.15, 0.2) is 40.9 Å². The molecule has 0 aliphatic heterocycles. The molecule has 0 saturated carbocycles. The number of carbonyl (C=O) groups is 1. The molecule has 20 heavy (non-hydrogen) atoms. The summed E-state index contributed by atoms with van der Waals surface area (Å²) in [6, 6.07) is 12.8. The monoisotopic (exact) mass is 329 g/mol. The number of aldehydes is 1. The Morgan fingerprint density at radius 2 is 2.10 bits per heavy atom. The lowest BCUT2D eigenvalue weighted by Gasteiger charge is -2.11. The Morgan fingerprint density at radius 3 is 2.75 bits per heavy atom. The topological polar surface area (TPSA) is 50.1 Å². The summed E-state index contributed by atoms with van der Waals surface area (Å²) in [5, 5.41) is 8.83. The maximum absolute atomic E-state index is 11.0. The van der Waals surface area contributed by atoms with Gasteiger partial charge in [0, 0.05) is 4.47 Å². The average molecular weight is 330 g/mol. The Balaban J connectivity index is 2.17. The Kier molecular flexibility index (Phi) is 4.54. The molecule has 0 amide bonds. The van der Waals surface area contributed by atoms with Gasteiger partial charge >= 0.3 is 0 Å². The molecule has 2 aromatic rings. The lowest BCUT2D eigenvalue weighted by atomic mass is 10.1. The number of hydrogen-bond acceptors (Lipinski definition) is 3. The van der Waals surface area contributed by atoms with Gasteiger partial charge in [-0.2, -0.15) is 5.26 Å². The Bertz CT molecular complexity index is 689. The normalized spacial score (nSPS) is 9.85. The van der Waals surface area contributed by atoms with Crippen LogP contribution in [0.25, 0.3) is 0 Å². The van der Waals surface area contributed by atoms with E-state index >= 15 is 0 Å². The van der Waals surface area contributed by atoms with E-state index in [-0.39, 0.29) is 0 Å². The van der Waals surface area contributed by atoms with Gasteiger partial charge in [-0.3, -0.25) is 4.79 Å². The molecule has 0 heterocycles. The fourth-order valence-electron chi connectivity index (χ4n) is 1.83. The third kappa shape index (κ3) is 3.25. The van der Waals surface area contributed by atoms with Gasteiger partial charge in [-0.05, 0) is 48.4 Å². The minimum atomic E-state index is 0.361. The zero-order valence-electron chi connectivity index (χ0n) is 10.9. The van der Waals surface area contributed by atoms with Crippen LogP contribution in [0.4, 0.5) is 0 Å². The van der Waals surface area contributed by atoms with Crippen molar-refractivity contribution >= 4 is 22.2 Å². The number of benzene rings is 2. The van der Waals surface area contributed by atoms with E-state index in [1.165, 1.54) is 0 Å². The van der Waals surface area contributed by atoms with Crippen molar-refractivity contribution in [2.24, 2.45) is 0 Å². The zero-order chi connectivity index (χ0) is 14.5. The first-order valence-corrected chi connectivity index (χ1v) is 6.80. The van der Waals surface area contributed by atoms with E-state index in [0.717, 1.165) is 21.9 Å². The molecule has 4 heteroatoms. The third-order valence-electron chi connectivity index (χ3n) is 2.95. The van der Waals surface area contributed by atoms with Crippen molar-refractivity contribution in [1.29, 1.82) is 5.26 Å². The standard InChI is InChI=1S/C16H12BrNO2/c1-11-6-12(8-18)2-3-13(11)10-20-16-5-4-15(17)7-14(16)9-19/h2-7,9H,10H2,1H3. The van der Waals surface area contributed by atoms with Crippen molar-refractivity contribution in [3.05, 3.63) is 63.1 Å². The molecule has 0 aliphatic carbocycles. The average Bonchev–Trinajstić information content (AvgIpc) is 2.46. The second kappa shape index (κ2) is 6.36. The minimum Gasteiger partial charge on any atom is -0.488 e. The van der Waals surface area contributed by atoms with E-state index < -0.39 is 0 Å². The molecular weight excluding hydrogens is 318 g/mol. The Morgan fingerprint density at radius 1 is 1.30 bits per heavy atom. The molecule has 0 aromatic heterocycles. The molecule has 0 saturated heterocycles. The number of nitrogens with zero attached hydrogens (tertiary/aromatic N) is 1. The first-order valence-electron chi connectivity index (χ1n) is 6.01. The fourth-order valence-corrected chi connectivity index (χ4v) is 2.20. The summed E-state index contributed by atoms with van der Waals surface area (Å²) in [6.45, 7) is 2.29. The number of ether oxygens (including phenoxy) is 1. The van der Waals surface area contributed by atoms with Crippen LogP contribution in [-0.2, 0) is 6.61 Å². The van der Waals surface area contributed by atoms with Crippen LogP contribution >= 0.6 is 15.9 Å². The van der Waals surface area contributed by atoms with Gasteiger partial charge in [0.1, 0.15) is 12.4 Å². The number of halogens is 1. The molecular formula is C16H12BrNO2. The minimum absolute atomic E-state index is 0.361. The van der Waals surface area contributed by atoms with Gasteiger partial charge in [-0.15, -0.1) is 0 Å². The molecule has 0 spiro atoms. The predicted molar refractivity (Wildman–Crippen MR) is 79.8 cm³/mol. The van der Waals surface area contributed by atoms with Gasteiger partial charge in [0.2, 0.25) is 0 Å². The van der Waals surface area contributed by atoms with Crippen LogP contribution in [0, 0.1) is 18.3 Å². The summed E-state index contributed by atoms with van der Waals surface area (Å²) in [7, 11) is 0. The summed E-state index contributed by atoms with van der Waals surface area (Å²) in [5.41, 5.74) is 3.12. The summed E-state index contributed by atoms with van der Waals surface area (Å²) < 4.78 is 6.52. The SMILES string of the molecule is Cc1cc(C#N)ccc1COc1ccc(Br)cc1C=O. The second-order valence-electron chi connectivity index (χ2n) is 4.34. The lowest BCUT2D eigenvalue weighted by Crippen LogP contribution is -2.00. The van der Waals surface area contributed by atoms with Gasteiger partial charge in [0.15, 0.2) is 6.29 Å². The molecule has 0 bridgehead atoms. The highest BCUT2D eigenvalue weighted by Gasteiger charge is 2.06. The smallest absolute Gasteiger partial charge is 0.153 e. The highest BCUT2D eigenvalue weighted by molar-refractivity contribution is 9.10. The van der Waals surface area contributed by atoms with Crippen molar-refractivity contribution in [3.8, 4) is 11.8 Å². The number of hydrogen-bond donors (Lipinski definition) is 0. The fraction of sp³-hybridized carbons (Fsp3) is 0.125. The molecule has 100 valence electrons. The van der Waals surface area contributed by atoms with Crippen LogP contribution < -0.4 is 4.74 Å².